The van der Waals surface area contributed by atoms with Gasteiger partial charge < -0.3 is 4.18 Å². The molecule has 0 aliphatic rings. The molecule has 3 nitrogen and oxygen atoms in total. The summed E-state index contributed by atoms with van der Waals surface area (Å²) in [6.45, 7) is 2.27. The Bertz CT molecular complexity index is 336. The lowest BCUT2D eigenvalue weighted by molar-refractivity contribution is -0.133. The van der Waals surface area contributed by atoms with Gasteiger partial charge in [-0.3, -0.25) is 4.79 Å². The van der Waals surface area contributed by atoms with Crippen molar-refractivity contribution in [2.45, 2.75) is 110 Å². The van der Waals surface area contributed by atoms with Gasteiger partial charge in [0.25, 0.3) is 0 Å². The lowest BCUT2D eigenvalue weighted by Crippen LogP contribution is -2.16. The number of hydrogen-bond donors (Lipinski definition) is 1. The largest absolute Gasteiger partial charge is 0.360 e. The quantitative estimate of drug-likeness (QED) is 0.255. The van der Waals surface area contributed by atoms with E-state index in [1.165, 1.54) is 96.0 Å². The van der Waals surface area contributed by atoms with Gasteiger partial charge in [-0.1, -0.05) is 96.8 Å². The maximum Gasteiger partial charge on any atom is 0.326 e. The zero-order valence-electron chi connectivity index (χ0n) is 16.5. The molecule has 146 valence electrons. The molecule has 0 saturated heterocycles. The van der Waals surface area contributed by atoms with Crippen molar-refractivity contribution in [2.75, 3.05) is 12.5 Å². The molecule has 0 radical (unpaired) electrons. The number of hydrogen-bond acceptors (Lipinski definition) is 3. The van der Waals surface area contributed by atoms with Crippen LogP contribution in [0.3, 0.4) is 0 Å². The molecular formula is C20H42O3S. The minimum absolute atomic E-state index is 0.307. The summed E-state index contributed by atoms with van der Waals surface area (Å²) in [5, 5.41) is 0. The van der Waals surface area contributed by atoms with E-state index in [4.69, 9.17) is 4.18 Å². The summed E-state index contributed by atoms with van der Waals surface area (Å²) >= 11 is 0. The van der Waals surface area contributed by atoms with Crippen LogP contribution in [0.4, 0.5) is 0 Å². The first-order valence-corrected chi connectivity index (χ1v) is 12.7. The molecule has 0 unspecified atom stereocenters. The Morgan fingerprint density at radius 3 is 1.33 bits per heavy atom. The van der Waals surface area contributed by atoms with E-state index in [-0.39, 0.29) is 5.97 Å². The number of carbonyl (C=O) groups is 1. The van der Waals surface area contributed by atoms with Crippen molar-refractivity contribution in [2.24, 2.45) is 0 Å². The molecule has 24 heavy (non-hydrogen) atoms. The summed E-state index contributed by atoms with van der Waals surface area (Å²) in [7, 11) is -2.66. The first-order chi connectivity index (χ1) is 11.5. The van der Waals surface area contributed by atoms with E-state index in [1.54, 1.807) is 0 Å². The number of thiol groups is 1. The zero-order valence-corrected chi connectivity index (χ0v) is 17.4. The minimum Gasteiger partial charge on any atom is -0.360 e. The predicted octanol–water partition coefficient (Wildman–Crippen LogP) is 5.98. The first kappa shape index (κ1) is 23.6. The average molecular weight is 363 g/mol. The van der Waals surface area contributed by atoms with Gasteiger partial charge >= 0.3 is 5.97 Å². The monoisotopic (exact) mass is 362 g/mol. The molecular weight excluding hydrogens is 320 g/mol. The number of unbranched alkanes of at least 4 members (excludes halogenated alkanes) is 14. The molecule has 0 aromatic heterocycles. The van der Waals surface area contributed by atoms with E-state index in [2.05, 4.69) is 6.92 Å². The molecule has 0 aromatic rings. The molecule has 0 aliphatic carbocycles. The third-order valence-electron chi connectivity index (χ3n) is 4.31. The Balaban J connectivity index is 3.15. The molecule has 0 amide bonds. The van der Waals surface area contributed by atoms with Gasteiger partial charge in [0.15, 0.2) is 0 Å². The molecule has 0 bridgehead atoms. The molecule has 0 N–H and O–H groups in total. The van der Waals surface area contributed by atoms with Crippen molar-refractivity contribution in [3.8, 4) is 0 Å². The predicted molar refractivity (Wildman–Crippen MR) is 107 cm³/mol. The first-order valence-electron chi connectivity index (χ1n) is 10.2. The smallest absolute Gasteiger partial charge is 0.326 e. The Kier molecular flexibility index (Phi) is 15.9. The lowest BCUT2D eigenvalue weighted by Gasteiger charge is -2.17. The van der Waals surface area contributed by atoms with Crippen LogP contribution >= 0.6 is 0 Å². The fourth-order valence-corrected chi connectivity index (χ4v) is 3.51. The van der Waals surface area contributed by atoms with E-state index in [9.17, 15) is 9.00 Å². The molecule has 0 rings (SSSR count). The standard InChI is InChI=1S/C20H42O3S/c1-4-5-6-7-8-9-10-11-12-13-14-15-16-17-18-19-20(21)23-24(2,3)22/h24H,4-19H2,1-3H3. The van der Waals surface area contributed by atoms with Crippen LogP contribution in [0.5, 0.6) is 0 Å². The van der Waals surface area contributed by atoms with Gasteiger partial charge in [-0.05, 0) is 6.42 Å². The second kappa shape index (κ2) is 16.1. The van der Waals surface area contributed by atoms with E-state index in [0.29, 0.717) is 6.42 Å². The average Bonchev–Trinajstić information content (AvgIpc) is 2.49. The molecule has 0 aromatic carbocycles. The van der Waals surface area contributed by atoms with Crippen LogP contribution in [0.15, 0.2) is 0 Å². The molecule has 0 aliphatic heterocycles. The molecule has 0 spiro atoms. The van der Waals surface area contributed by atoms with Crippen LogP contribution < -0.4 is 0 Å². The highest BCUT2D eigenvalue weighted by atomic mass is 32.3. The molecule has 0 fully saturated rings. The topological polar surface area (TPSA) is 43.4 Å². The summed E-state index contributed by atoms with van der Waals surface area (Å²) in [5.74, 6) is -0.307. The van der Waals surface area contributed by atoms with Gasteiger partial charge in [0.05, 0.1) is 0 Å². The van der Waals surface area contributed by atoms with Gasteiger partial charge in [0, 0.05) is 18.9 Å². The van der Waals surface area contributed by atoms with E-state index < -0.39 is 10.2 Å². The minimum atomic E-state index is -2.66. The van der Waals surface area contributed by atoms with Crippen LogP contribution in [-0.4, -0.2) is 22.7 Å². The summed E-state index contributed by atoms with van der Waals surface area (Å²) in [5.41, 5.74) is 0. The van der Waals surface area contributed by atoms with Gasteiger partial charge in [-0.2, -0.15) is 10.2 Å². The third kappa shape index (κ3) is 19.7. The Morgan fingerprint density at radius 2 is 1.00 bits per heavy atom. The van der Waals surface area contributed by atoms with Crippen LogP contribution in [0.1, 0.15) is 110 Å². The van der Waals surface area contributed by atoms with Crippen LogP contribution in [-0.2, 0) is 19.2 Å². The summed E-state index contributed by atoms with van der Waals surface area (Å²) in [4.78, 5) is 11.4. The summed E-state index contributed by atoms with van der Waals surface area (Å²) in [6.07, 6.45) is 23.1. The lowest BCUT2D eigenvalue weighted by atomic mass is 10.0. The van der Waals surface area contributed by atoms with E-state index in [1.807, 2.05) is 0 Å². The summed E-state index contributed by atoms with van der Waals surface area (Å²) < 4.78 is 16.2. The second-order valence-electron chi connectivity index (χ2n) is 7.42. The van der Waals surface area contributed by atoms with Crippen molar-refractivity contribution in [3.05, 3.63) is 0 Å². The maximum atomic E-state index is 11.4. The van der Waals surface area contributed by atoms with Gasteiger partial charge in [-0.15, -0.1) is 0 Å². The third-order valence-corrected chi connectivity index (χ3v) is 4.95. The van der Waals surface area contributed by atoms with Crippen LogP contribution in [0.25, 0.3) is 0 Å². The van der Waals surface area contributed by atoms with Crippen molar-refractivity contribution < 1.29 is 13.2 Å². The van der Waals surface area contributed by atoms with Gasteiger partial charge in [-0.25, -0.2) is 4.21 Å². The van der Waals surface area contributed by atoms with Crippen molar-refractivity contribution in [1.29, 1.82) is 0 Å². The molecule has 4 heteroatoms. The highest BCUT2D eigenvalue weighted by Gasteiger charge is 2.06. The van der Waals surface area contributed by atoms with Crippen molar-refractivity contribution >= 4 is 16.2 Å². The van der Waals surface area contributed by atoms with Gasteiger partial charge in [0.2, 0.25) is 0 Å². The van der Waals surface area contributed by atoms with Gasteiger partial charge in [0.1, 0.15) is 0 Å². The highest BCUT2D eigenvalue weighted by molar-refractivity contribution is 7.97. The fraction of sp³-hybridized carbons (Fsp3) is 0.950. The molecule has 0 saturated carbocycles. The highest BCUT2D eigenvalue weighted by Crippen LogP contribution is 2.14. The van der Waals surface area contributed by atoms with Crippen molar-refractivity contribution in [3.63, 3.8) is 0 Å². The van der Waals surface area contributed by atoms with E-state index in [0.717, 1.165) is 12.8 Å². The molecule has 0 atom stereocenters. The van der Waals surface area contributed by atoms with E-state index >= 15 is 0 Å². The number of carbonyl (C=O) groups excluding carboxylic acids is 1. The molecule has 0 heterocycles. The SMILES string of the molecule is CCCCCCCCCCCCCCCCCC(=O)O[SH](C)(C)=O. The normalized spacial score (nSPS) is 12.3. The second-order valence-corrected chi connectivity index (χ2v) is 10.1. The van der Waals surface area contributed by atoms with Crippen LogP contribution in [0, 0.1) is 0 Å². The van der Waals surface area contributed by atoms with Crippen molar-refractivity contribution in [1.82, 2.24) is 0 Å². The Hall–Kier alpha value is -0.380. The zero-order chi connectivity index (χ0) is 18.1. The summed E-state index contributed by atoms with van der Waals surface area (Å²) in [6, 6.07) is 0. The Labute approximate surface area is 151 Å². The van der Waals surface area contributed by atoms with Crippen LogP contribution in [0.2, 0.25) is 0 Å². The maximum absolute atomic E-state index is 11.4. The Morgan fingerprint density at radius 1 is 0.667 bits per heavy atom. The fourth-order valence-electron chi connectivity index (χ4n) is 2.93. The number of rotatable bonds is 17.